The second-order valence-electron chi connectivity index (χ2n) is 7.64. The van der Waals surface area contributed by atoms with E-state index in [-0.39, 0.29) is 11.8 Å². The first-order valence-electron chi connectivity index (χ1n) is 10.3. The Morgan fingerprint density at radius 3 is 2.28 bits per heavy atom. The van der Waals surface area contributed by atoms with Gasteiger partial charge in [-0.3, -0.25) is 14.4 Å². The maximum atomic E-state index is 13.6. The lowest BCUT2D eigenvalue weighted by Crippen LogP contribution is -2.37. The van der Waals surface area contributed by atoms with Crippen molar-refractivity contribution in [3.05, 3.63) is 84.4 Å². The molecule has 2 fully saturated rings. The summed E-state index contributed by atoms with van der Waals surface area (Å²) in [5.74, 6) is -0.715. The van der Waals surface area contributed by atoms with Gasteiger partial charge in [-0.2, -0.15) is 0 Å². The summed E-state index contributed by atoms with van der Waals surface area (Å²) in [7, 11) is 1.55. The Bertz CT molecular complexity index is 1150. The van der Waals surface area contributed by atoms with Crippen LogP contribution in [0.5, 0.6) is 5.75 Å². The number of hydrogen-bond donors (Lipinski definition) is 0. The molecule has 0 radical (unpaired) electrons. The summed E-state index contributed by atoms with van der Waals surface area (Å²) in [6.07, 6.45) is 1.13. The summed E-state index contributed by atoms with van der Waals surface area (Å²) < 4.78 is 5.28. The molecule has 0 aliphatic carbocycles. The average molecular weight is 447 g/mol. The van der Waals surface area contributed by atoms with Crippen molar-refractivity contribution < 1.29 is 19.2 Å². The number of nitrogens with zero attached hydrogens (tertiary/aromatic N) is 2. The van der Waals surface area contributed by atoms with Crippen LogP contribution in [0, 0.1) is 5.92 Å². The van der Waals surface area contributed by atoms with Crippen molar-refractivity contribution in [2.24, 2.45) is 5.92 Å². The molecule has 5 rings (SSSR count). The predicted octanol–water partition coefficient (Wildman–Crippen LogP) is 4.47. The number of para-hydroxylation sites is 1. The van der Waals surface area contributed by atoms with Crippen LogP contribution in [0.1, 0.15) is 11.6 Å². The predicted molar refractivity (Wildman–Crippen MR) is 124 cm³/mol. The van der Waals surface area contributed by atoms with Gasteiger partial charge in [0.25, 0.3) is 5.91 Å². The number of fused-ring (bicyclic) bond motifs is 1. The molecule has 3 atom stereocenters. The number of carbonyl (C=O) groups is 2. The summed E-state index contributed by atoms with van der Waals surface area (Å²) in [6, 6.07) is 24.2. The molecule has 162 valence electrons. The first-order valence-corrected chi connectivity index (χ1v) is 11.5. The molecule has 2 aliphatic rings. The Kier molecular flexibility index (Phi) is 5.36. The molecule has 6 nitrogen and oxygen atoms in total. The van der Waals surface area contributed by atoms with Gasteiger partial charge in [0.15, 0.2) is 6.10 Å². The molecule has 3 aromatic carbocycles. The number of methoxy groups -OCH3 is 1. The van der Waals surface area contributed by atoms with Gasteiger partial charge in [-0.1, -0.05) is 36.4 Å². The van der Waals surface area contributed by atoms with E-state index in [2.05, 4.69) is 0 Å². The van der Waals surface area contributed by atoms with Gasteiger partial charge in [0.1, 0.15) is 11.7 Å². The molecule has 0 aromatic heterocycles. The van der Waals surface area contributed by atoms with Gasteiger partial charge in [0.05, 0.1) is 24.5 Å². The minimum atomic E-state index is -0.890. The van der Waals surface area contributed by atoms with Gasteiger partial charge in [0, 0.05) is 11.0 Å². The fourth-order valence-corrected chi connectivity index (χ4v) is 4.77. The lowest BCUT2D eigenvalue weighted by Gasteiger charge is -2.29. The SMILES string of the molecule is COc1cccc(N2C(=O)[C@H]3[C@@H](c4ccc(SC)cc4)N(c4ccccc4)O[C@H]3C2=O)c1. The summed E-state index contributed by atoms with van der Waals surface area (Å²) in [5.41, 5.74) is 2.21. The van der Waals surface area contributed by atoms with Gasteiger partial charge in [-0.15, -0.1) is 11.8 Å². The molecule has 0 bridgehead atoms. The van der Waals surface area contributed by atoms with E-state index >= 15 is 0 Å². The van der Waals surface area contributed by atoms with Crippen LogP contribution in [0.2, 0.25) is 0 Å². The molecular formula is C25H22N2O4S. The van der Waals surface area contributed by atoms with Crippen LogP contribution in [-0.2, 0) is 14.4 Å². The first-order chi connectivity index (χ1) is 15.6. The lowest BCUT2D eigenvalue weighted by molar-refractivity contribution is -0.126. The van der Waals surface area contributed by atoms with Crippen molar-refractivity contribution >= 4 is 35.0 Å². The highest BCUT2D eigenvalue weighted by Crippen LogP contribution is 2.47. The van der Waals surface area contributed by atoms with E-state index in [9.17, 15) is 9.59 Å². The second kappa shape index (κ2) is 8.33. The number of carbonyl (C=O) groups excluding carboxylic acids is 2. The highest BCUT2D eigenvalue weighted by molar-refractivity contribution is 7.98. The summed E-state index contributed by atoms with van der Waals surface area (Å²) in [5, 5.41) is 1.71. The number of thioether (sulfide) groups is 1. The quantitative estimate of drug-likeness (QED) is 0.426. The zero-order chi connectivity index (χ0) is 22.2. The number of hydroxylamine groups is 1. The Morgan fingerprint density at radius 1 is 0.875 bits per heavy atom. The number of anilines is 2. The fraction of sp³-hybridized carbons (Fsp3) is 0.200. The van der Waals surface area contributed by atoms with Crippen LogP contribution in [0.15, 0.2) is 83.8 Å². The number of imide groups is 1. The zero-order valence-corrected chi connectivity index (χ0v) is 18.5. The van der Waals surface area contributed by atoms with E-state index in [1.54, 1.807) is 48.2 Å². The van der Waals surface area contributed by atoms with Gasteiger partial charge in [-0.05, 0) is 48.2 Å². The summed E-state index contributed by atoms with van der Waals surface area (Å²) >= 11 is 1.65. The molecule has 2 amide bonds. The highest BCUT2D eigenvalue weighted by atomic mass is 32.2. The Balaban J connectivity index is 1.57. The smallest absolute Gasteiger partial charge is 0.266 e. The van der Waals surface area contributed by atoms with Crippen LogP contribution in [-0.4, -0.2) is 31.3 Å². The van der Waals surface area contributed by atoms with Crippen LogP contribution in [0.3, 0.4) is 0 Å². The molecule has 32 heavy (non-hydrogen) atoms. The number of ether oxygens (including phenoxy) is 1. The number of amides is 2. The molecule has 0 N–H and O–H groups in total. The van der Waals surface area contributed by atoms with Crippen molar-refractivity contribution in [1.82, 2.24) is 0 Å². The molecule has 0 saturated carbocycles. The second-order valence-corrected chi connectivity index (χ2v) is 8.52. The normalized spacial score (nSPS) is 22.4. The third kappa shape index (κ3) is 3.34. The highest BCUT2D eigenvalue weighted by Gasteiger charge is 2.60. The Labute approximate surface area is 190 Å². The van der Waals surface area contributed by atoms with E-state index < -0.39 is 18.1 Å². The number of rotatable bonds is 5. The van der Waals surface area contributed by atoms with Gasteiger partial charge in [-0.25, -0.2) is 9.96 Å². The molecule has 3 aromatic rings. The minimum Gasteiger partial charge on any atom is -0.497 e. The van der Waals surface area contributed by atoms with Crippen molar-refractivity contribution in [3.63, 3.8) is 0 Å². The summed E-state index contributed by atoms with van der Waals surface area (Å²) in [4.78, 5) is 35.5. The topological polar surface area (TPSA) is 59.1 Å². The zero-order valence-electron chi connectivity index (χ0n) is 17.7. The first kappa shape index (κ1) is 20.6. The average Bonchev–Trinajstić information content (AvgIpc) is 3.35. The largest absolute Gasteiger partial charge is 0.497 e. The van der Waals surface area contributed by atoms with Crippen molar-refractivity contribution in [3.8, 4) is 5.75 Å². The molecular weight excluding hydrogens is 424 g/mol. The minimum absolute atomic E-state index is 0.273. The van der Waals surface area contributed by atoms with E-state index in [0.29, 0.717) is 11.4 Å². The van der Waals surface area contributed by atoms with E-state index in [0.717, 1.165) is 16.1 Å². The Morgan fingerprint density at radius 2 is 1.59 bits per heavy atom. The van der Waals surface area contributed by atoms with Crippen LogP contribution >= 0.6 is 11.8 Å². The third-order valence-electron chi connectivity index (χ3n) is 5.89. The van der Waals surface area contributed by atoms with Crippen molar-refractivity contribution in [1.29, 1.82) is 0 Å². The van der Waals surface area contributed by atoms with Crippen LogP contribution in [0.4, 0.5) is 11.4 Å². The standard InChI is InChI=1S/C25H22N2O4S/c1-30-19-10-6-9-18(15-19)26-24(28)21-22(16-11-13-20(32-2)14-12-16)27(31-23(21)25(26)29)17-7-4-3-5-8-17/h3-15,21-23H,1-2H3/t21-,22+,23+/m0/s1. The third-order valence-corrected chi connectivity index (χ3v) is 6.64. The number of hydrogen-bond acceptors (Lipinski definition) is 6. The molecule has 2 aliphatic heterocycles. The van der Waals surface area contributed by atoms with E-state index in [1.807, 2.05) is 60.9 Å². The molecule has 0 unspecified atom stereocenters. The van der Waals surface area contributed by atoms with Gasteiger partial charge < -0.3 is 4.74 Å². The van der Waals surface area contributed by atoms with Crippen LogP contribution in [0.25, 0.3) is 0 Å². The molecule has 2 heterocycles. The molecule has 0 spiro atoms. The summed E-state index contributed by atoms with van der Waals surface area (Å²) in [6.45, 7) is 0. The van der Waals surface area contributed by atoms with Gasteiger partial charge >= 0.3 is 0 Å². The maximum absolute atomic E-state index is 13.6. The molecule has 2 saturated heterocycles. The monoisotopic (exact) mass is 446 g/mol. The van der Waals surface area contributed by atoms with E-state index in [1.165, 1.54) is 4.90 Å². The fourth-order valence-electron chi connectivity index (χ4n) is 4.36. The maximum Gasteiger partial charge on any atom is 0.266 e. The Hall–Kier alpha value is -3.29. The number of benzene rings is 3. The van der Waals surface area contributed by atoms with Crippen molar-refractivity contribution in [2.75, 3.05) is 23.3 Å². The lowest BCUT2D eigenvalue weighted by atomic mass is 9.90. The van der Waals surface area contributed by atoms with E-state index in [4.69, 9.17) is 9.57 Å². The van der Waals surface area contributed by atoms with Gasteiger partial charge in [0.2, 0.25) is 5.91 Å². The van der Waals surface area contributed by atoms with Crippen LogP contribution < -0.4 is 14.7 Å². The molecule has 7 heteroatoms. The van der Waals surface area contributed by atoms with Crippen molar-refractivity contribution in [2.45, 2.75) is 17.0 Å².